The second-order valence-corrected chi connectivity index (χ2v) is 8.67. The zero-order valence-corrected chi connectivity index (χ0v) is 17.5. The highest BCUT2D eigenvalue weighted by atomic mass is 16.7. The summed E-state index contributed by atoms with van der Waals surface area (Å²) in [5, 5.41) is 69.9. The quantitative estimate of drug-likeness (QED) is 0.209. The van der Waals surface area contributed by atoms with Gasteiger partial charge in [0.15, 0.2) is 12.6 Å². The third-order valence-corrected chi connectivity index (χ3v) is 6.49. The first-order valence-electron chi connectivity index (χ1n) is 11.1. The molecule has 2 aliphatic heterocycles. The molecule has 182 valence electrons. The Hall–Kier alpha value is -0.440. The van der Waals surface area contributed by atoms with Crippen molar-refractivity contribution >= 4 is 0 Å². The highest BCUT2D eigenvalue weighted by molar-refractivity contribution is 4.94. The molecule has 0 aromatic carbocycles. The van der Waals surface area contributed by atoms with Crippen molar-refractivity contribution in [1.82, 2.24) is 0 Å². The van der Waals surface area contributed by atoms with Crippen molar-refractivity contribution in [3.8, 4) is 0 Å². The molecule has 0 aromatic rings. The number of hydrogen-bond acceptors (Lipinski definition) is 11. The summed E-state index contributed by atoms with van der Waals surface area (Å²) in [6, 6.07) is 0. The first-order chi connectivity index (χ1) is 14.9. The Kier molecular flexibility index (Phi) is 9.44. The SMILES string of the molecule is OCC1OC(OC2C(CO)OC(OCCC3CCCCC3)C(O)C2O)C(O)C(O)C1O. The average Bonchev–Trinajstić information content (AvgIpc) is 2.79. The molecular weight excluding hydrogens is 416 g/mol. The lowest BCUT2D eigenvalue weighted by Gasteiger charge is -2.46. The molecule has 31 heavy (non-hydrogen) atoms. The zero-order valence-electron chi connectivity index (χ0n) is 17.5. The fourth-order valence-corrected chi connectivity index (χ4v) is 4.52. The molecule has 7 N–H and O–H groups in total. The van der Waals surface area contributed by atoms with Gasteiger partial charge in [0.1, 0.15) is 48.8 Å². The van der Waals surface area contributed by atoms with E-state index in [1.54, 1.807) is 0 Å². The molecule has 0 bridgehead atoms. The van der Waals surface area contributed by atoms with Crippen LogP contribution >= 0.6 is 0 Å². The first kappa shape index (κ1) is 25.2. The van der Waals surface area contributed by atoms with Crippen molar-refractivity contribution in [3.05, 3.63) is 0 Å². The third kappa shape index (κ3) is 5.92. The summed E-state index contributed by atoms with van der Waals surface area (Å²) in [4.78, 5) is 0. The van der Waals surface area contributed by atoms with Gasteiger partial charge in [0, 0.05) is 0 Å². The summed E-state index contributed by atoms with van der Waals surface area (Å²) in [5.74, 6) is 0.565. The maximum Gasteiger partial charge on any atom is 0.187 e. The van der Waals surface area contributed by atoms with E-state index in [0.717, 1.165) is 19.3 Å². The van der Waals surface area contributed by atoms with Gasteiger partial charge in [-0.2, -0.15) is 0 Å². The summed E-state index contributed by atoms with van der Waals surface area (Å²) in [7, 11) is 0. The summed E-state index contributed by atoms with van der Waals surface area (Å²) in [6.07, 6.45) is -7.49. The molecule has 2 saturated heterocycles. The van der Waals surface area contributed by atoms with Crippen LogP contribution in [-0.2, 0) is 18.9 Å². The van der Waals surface area contributed by atoms with E-state index in [9.17, 15) is 35.7 Å². The molecule has 3 aliphatic rings. The molecule has 11 heteroatoms. The second kappa shape index (κ2) is 11.6. The van der Waals surface area contributed by atoms with Gasteiger partial charge in [0.2, 0.25) is 0 Å². The number of aliphatic hydroxyl groups is 7. The molecule has 3 rings (SSSR count). The molecule has 1 saturated carbocycles. The lowest BCUT2D eigenvalue weighted by molar-refractivity contribution is -0.359. The predicted octanol–water partition coefficient (Wildman–Crippen LogP) is -2.40. The van der Waals surface area contributed by atoms with Crippen LogP contribution in [0.5, 0.6) is 0 Å². The van der Waals surface area contributed by atoms with Crippen LogP contribution in [0.4, 0.5) is 0 Å². The minimum atomic E-state index is -1.69. The molecule has 1 aliphatic carbocycles. The van der Waals surface area contributed by atoms with Gasteiger partial charge in [-0.05, 0) is 12.3 Å². The molecule has 2 heterocycles. The van der Waals surface area contributed by atoms with Crippen LogP contribution in [0.3, 0.4) is 0 Å². The van der Waals surface area contributed by atoms with E-state index in [4.69, 9.17) is 18.9 Å². The largest absolute Gasteiger partial charge is 0.394 e. The van der Waals surface area contributed by atoms with Crippen LogP contribution in [-0.4, -0.2) is 117 Å². The molecule has 0 radical (unpaired) electrons. The van der Waals surface area contributed by atoms with Gasteiger partial charge in [-0.25, -0.2) is 0 Å². The van der Waals surface area contributed by atoms with E-state index in [1.165, 1.54) is 19.3 Å². The van der Waals surface area contributed by atoms with Crippen molar-refractivity contribution < 1.29 is 54.7 Å². The van der Waals surface area contributed by atoms with Gasteiger partial charge in [-0.15, -0.1) is 0 Å². The van der Waals surface area contributed by atoms with Crippen LogP contribution in [0.2, 0.25) is 0 Å². The highest BCUT2D eigenvalue weighted by Crippen LogP contribution is 2.30. The normalized spacial score (nSPS) is 45.0. The Bertz CT molecular complexity index is 527. The molecule has 0 aromatic heterocycles. The van der Waals surface area contributed by atoms with Gasteiger partial charge in [-0.3, -0.25) is 0 Å². The second-order valence-electron chi connectivity index (χ2n) is 8.67. The van der Waals surface area contributed by atoms with Gasteiger partial charge >= 0.3 is 0 Å². The molecule has 0 amide bonds. The van der Waals surface area contributed by atoms with Crippen molar-refractivity contribution in [2.24, 2.45) is 5.92 Å². The molecule has 3 fully saturated rings. The van der Waals surface area contributed by atoms with Crippen molar-refractivity contribution in [1.29, 1.82) is 0 Å². The monoisotopic (exact) mass is 452 g/mol. The van der Waals surface area contributed by atoms with Gasteiger partial charge in [0.05, 0.1) is 19.8 Å². The molecule has 10 atom stereocenters. The smallest absolute Gasteiger partial charge is 0.187 e. The first-order valence-corrected chi connectivity index (χ1v) is 11.1. The summed E-state index contributed by atoms with van der Waals surface area (Å²) in [5.41, 5.74) is 0. The summed E-state index contributed by atoms with van der Waals surface area (Å²) >= 11 is 0. The van der Waals surface area contributed by atoms with Crippen molar-refractivity contribution in [2.75, 3.05) is 19.8 Å². The maximum atomic E-state index is 10.6. The highest BCUT2D eigenvalue weighted by Gasteiger charge is 2.50. The van der Waals surface area contributed by atoms with Gasteiger partial charge < -0.3 is 54.7 Å². The van der Waals surface area contributed by atoms with Crippen LogP contribution in [0.1, 0.15) is 38.5 Å². The van der Waals surface area contributed by atoms with E-state index >= 15 is 0 Å². The topological polar surface area (TPSA) is 179 Å². The average molecular weight is 452 g/mol. The van der Waals surface area contributed by atoms with Crippen LogP contribution < -0.4 is 0 Å². The molecule has 11 nitrogen and oxygen atoms in total. The molecule has 0 spiro atoms. The Balaban J connectivity index is 1.57. The summed E-state index contributed by atoms with van der Waals surface area (Å²) < 4.78 is 22.0. The predicted molar refractivity (Wildman–Crippen MR) is 104 cm³/mol. The third-order valence-electron chi connectivity index (χ3n) is 6.49. The van der Waals surface area contributed by atoms with E-state index in [0.29, 0.717) is 12.5 Å². The molecule has 10 unspecified atom stereocenters. The zero-order chi connectivity index (χ0) is 22.5. The van der Waals surface area contributed by atoms with Crippen LogP contribution in [0.15, 0.2) is 0 Å². The van der Waals surface area contributed by atoms with Gasteiger partial charge in [-0.1, -0.05) is 32.1 Å². The fourth-order valence-electron chi connectivity index (χ4n) is 4.52. The fraction of sp³-hybridized carbons (Fsp3) is 1.00. The Morgan fingerprint density at radius 1 is 0.677 bits per heavy atom. The Morgan fingerprint density at radius 3 is 1.94 bits per heavy atom. The number of ether oxygens (including phenoxy) is 4. The van der Waals surface area contributed by atoms with Crippen LogP contribution in [0.25, 0.3) is 0 Å². The lowest BCUT2D eigenvalue weighted by atomic mass is 9.87. The van der Waals surface area contributed by atoms with Crippen molar-refractivity contribution in [3.63, 3.8) is 0 Å². The Morgan fingerprint density at radius 2 is 1.29 bits per heavy atom. The standard InChI is InChI=1S/C20H36O11/c21-8-11-13(23)14(24)16(26)20(29-11)31-18-12(9-22)30-19(17(27)15(18)25)28-7-6-10-4-2-1-3-5-10/h10-27H,1-9H2. The molecular formula is C20H36O11. The number of hydrogen-bond donors (Lipinski definition) is 7. The minimum absolute atomic E-state index is 0.343. The Labute approximate surface area is 181 Å². The summed E-state index contributed by atoms with van der Waals surface area (Å²) in [6.45, 7) is -0.874. The van der Waals surface area contributed by atoms with E-state index < -0.39 is 74.6 Å². The van der Waals surface area contributed by atoms with Gasteiger partial charge in [0.25, 0.3) is 0 Å². The van der Waals surface area contributed by atoms with Crippen LogP contribution in [0, 0.1) is 5.92 Å². The van der Waals surface area contributed by atoms with E-state index in [1.807, 2.05) is 0 Å². The number of aliphatic hydroxyl groups excluding tert-OH is 7. The minimum Gasteiger partial charge on any atom is -0.394 e. The maximum absolute atomic E-state index is 10.6. The van der Waals surface area contributed by atoms with E-state index in [2.05, 4.69) is 0 Å². The van der Waals surface area contributed by atoms with E-state index in [-0.39, 0.29) is 0 Å². The number of rotatable bonds is 8. The lowest BCUT2D eigenvalue weighted by Crippen LogP contribution is -2.64. The van der Waals surface area contributed by atoms with Crippen molar-refractivity contribution in [2.45, 2.75) is 99.9 Å².